The average molecular weight is 506 g/mol. The van der Waals surface area contributed by atoms with Gasteiger partial charge in [0.05, 0.1) is 30.9 Å². The first-order valence-corrected chi connectivity index (χ1v) is 15.5. The van der Waals surface area contributed by atoms with Crippen molar-refractivity contribution in [3.05, 3.63) is 72.2 Å². The Hall–Kier alpha value is -3.76. The molecule has 10 heteroatoms. The average Bonchev–Trinajstić information content (AvgIpc) is 3.44. The quantitative estimate of drug-likeness (QED) is 0.193. The van der Waals surface area contributed by atoms with E-state index in [0.717, 1.165) is 22.6 Å². The standard InChI is InChI=1S/C26H31N5O4Si/c1-34-24(32)15-21-17-30(22-8-6-5-7-9-22)26(28-21)29-25(33)19-10-11-23-20(14-19)16-27-31(23)18-35-12-13-36(2,3)4/h5-11,14,16-17H,12-13,15,18H2,1-4H3,(H,28,29,33). The van der Waals surface area contributed by atoms with Crippen molar-refractivity contribution < 1.29 is 19.1 Å². The zero-order chi connectivity index (χ0) is 25.7. The number of hydrogen-bond acceptors (Lipinski definition) is 6. The van der Waals surface area contributed by atoms with Crippen molar-refractivity contribution in [3.63, 3.8) is 0 Å². The Morgan fingerprint density at radius 2 is 1.86 bits per heavy atom. The van der Waals surface area contributed by atoms with Gasteiger partial charge in [0, 0.05) is 37.5 Å². The van der Waals surface area contributed by atoms with E-state index in [9.17, 15) is 9.59 Å². The molecule has 0 saturated carbocycles. The van der Waals surface area contributed by atoms with Gasteiger partial charge in [-0.25, -0.2) is 9.67 Å². The minimum Gasteiger partial charge on any atom is -0.469 e. The number of amides is 1. The topological polar surface area (TPSA) is 100 Å². The Morgan fingerprint density at radius 3 is 2.58 bits per heavy atom. The largest absolute Gasteiger partial charge is 0.469 e. The van der Waals surface area contributed by atoms with E-state index in [2.05, 4.69) is 35.0 Å². The smallest absolute Gasteiger partial charge is 0.311 e. The highest BCUT2D eigenvalue weighted by atomic mass is 28.3. The summed E-state index contributed by atoms with van der Waals surface area (Å²) in [5, 5.41) is 8.14. The third kappa shape index (κ3) is 6.26. The second-order valence-electron chi connectivity index (χ2n) is 9.73. The number of benzene rings is 2. The van der Waals surface area contributed by atoms with Gasteiger partial charge in [-0.3, -0.25) is 19.5 Å². The fourth-order valence-corrected chi connectivity index (χ4v) is 4.40. The van der Waals surface area contributed by atoms with E-state index in [1.54, 1.807) is 33.8 Å². The molecule has 0 spiro atoms. The number of aromatic nitrogens is 4. The van der Waals surface area contributed by atoms with E-state index in [1.165, 1.54) is 7.11 Å². The number of anilines is 1. The highest BCUT2D eigenvalue weighted by molar-refractivity contribution is 6.76. The number of fused-ring (bicyclic) bond motifs is 1. The van der Waals surface area contributed by atoms with Crippen LogP contribution in [0.1, 0.15) is 16.1 Å². The van der Waals surface area contributed by atoms with Crippen LogP contribution in [0.3, 0.4) is 0 Å². The number of nitrogens with one attached hydrogen (secondary N) is 1. The molecule has 188 valence electrons. The normalized spacial score (nSPS) is 11.6. The first-order valence-electron chi connectivity index (χ1n) is 11.8. The van der Waals surface area contributed by atoms with Crippen LogP contribution in [0.25, 0.3) is 16.6 Å². The van der Waals surface area contributed by atoms with Crippen molar-refractivity contribution in [3.8, 4) is 5.69 Å². The molecule has 1 amide bonds. The maximum absolute atomic E-state index is 13.1. The van der Waals surface area contributed by atoms with E-state index < -0.39 is 14.0 Å². The molecule has 0 saturated heterocycles. The van der Waals surface area contributed by atoms with Crippen LogP contribution in [-0.4, -0.2) is 53.0 Å². The lowest BCUT2D eigenvalue weighted by Gasteiger charge is -2.15. The number of carbonyl (C=O) groups excluding carboxylic acids is 2. The van der Waals surface area contributed by atoms with Gasteiger partial charge in [-0.1, -0.05) is 37.8 Å². The van der Waals surface area contributed by atoms with Gasteiger partial charge in [0.2, 0.25) is 5.95 Å². The molecule has 0 aliphatic carbocycles. The van der Waals surface area contributed by atoms with Crippen LogP contribution in [0, 0.1) is 0 Å². The van der Waals surface area contributed by atoms with Crippen molar-refractivity contribution >= 4 is 36.8 Å². The molecule has 0 atom stereocenters. The second-order valence-corrected chi connectivity index (χ2v) is 15.4. The Bertz CT molecular complexity index is 1360. The lowest BCUT2D eigenvalue weighted by molar-refractivity contribution is -0.139. The van der Waals surface area contributed by atoms with E-state index in [0.29, 0.717) is 30.5 Å². The molecule has 4 aromatic rings. The Labute approximate surface area is 211 Å². The number of carbonyl (C=O) groups is 2. The predicted octanol–water partition coefficient (Wildman–Crippen LogP) is 4.50. The highest BCUT2D eigenvalue weighted by Gasteiger charge is 2.17. The van der Waals surface area contributed by atoms with Crippen LogP contribution in [0.5, 0.6) is 0 Å². The van der Waals surface area contributed by atoms with Crippen LogP contribution in [0.2, 0.25) is 25.7 Å². The molecular weight excluding hydrogens is 474 g/mol. The molecule has 2 heterocycles. The van der Waals surface area contributed by atoms with Gasteiger partial charge in [-0.05, 0) is 36.4 Å². The lowest BCUT2D eigenvalue weighted by Crippen LogP contribution is -2.22. The SMILES string of the molecule is COC(=O)Cc1cn(-c2ccccc2)c(NC(=O)c2ccc3c(cnn3COCC[Si](C)(C)C)c2)n1. The molecule has 0 bridgehead atoms. The fraction of sp³-hybridized carbons (Fsp3) is 0.308. The summed E-state index contributed by atoms with van der Waals surface area (Å²) in [5.41, 5.74) is 2.67. The van der Waals surface area contributed by atoms with E-state index in [-0.39, 0.29) is 12.3 Å². The maximum Gasteiger partial charge on any atom is 0.311 e. The van der Waals surface area contributed by atoms with Crippen molar-refractivity contribution in [2.45, 2.75) is 38.8 Å². The van der Waals surface area contributed by atoms with Crippen molar-refractivity contribution in [2.24, 2.45) is 0 Å². The summed E-state index contributed by atoms with van der Waals surface area (Å²) in [6.45, 7) is 8.04. The van der Waals surface area contributed by atoms with Crippen LogP contribution in [0.15, 0.2) is 60.9 Å². The number of nitrogens with zero attached hydrogens (tertiary/aromatic N) is 4. The number of rotatable bonds is 10. The first kappa shape index (κ1) is 25.3. The van der Waals surface area contributed by atoms with Gasteiger partial charge >= 0.3 is 5.97 Å². The highest BCUT2D eigenvalue weighted by Crippen LogP contribution is 2.20. The van der Waals surface area contributed by atoms with Crippen LogP contribution >= 0.6 is 0 Å². The third-order valence-electron chi connectivity index (χ3n) is 5.68. The number of para-hydroxylation sites is 1. The van der Waals surface area contributed by atoms with Crippen molar-refractivity contribution in [2.75, 3.05) is 19.0 Å². The second kappa shape index (κ2) is 10.9. The van der Waals surface area contributed by atoms with E-state index >= 15 is 0 Å². The molecule has 0 radical (unpaired) electrons. The zero-order valence-corrected chi connectivity index (χ0v) is 22.0. The molecule has 0 aliphatic rings. The molecule has 2 aromatic heterocycles. The summed E-state index contributed by atoms with van der Waals surface area (Å²) in [7, 11) is 0.182. The van der Waals surface area contributed by atoms with Gasteiger partial charge in [0.15, 0.2) is 0 Å². The molecule has 0 unspecified atom stereocenters. The number of esters is 1. The number of ether oxygens (including phenoxy) is 2. The number of hydrogen-bond donors (Lipinski definition) is 1. The van der Waals surface area contributed by atoms with E-state index in [4.69, 9.17) is 9.47 Å². The summed E-state index contributed by atoms with van der Waals surface area (Å²) >= 11 is 0. The molecular formula is C26H31N5O4Si. The minimum absolute atomic E-state index is 0.00432. The molecule has 0 fully saturated rings. The van der Waals surface area contributed by atoms with Crippen LogP contribution in [0.4, 0.5) is 5.95 Å². The fourth-order valence-electron chi connectivity index (χ4n) is 3.64. The van der Waals surface area contributed by atoms with Gasteiger partial charge < -0.3 is 9.47 Å². The summed E-state index contributed by atoms with van der Waals surface area (Å²) in [6, 6.07) is 16.0. The number of methoxy groups -OCH3 is 1. The molecule has 1 N–H and O–H groups in total. The summed E-state index contributed by atoms with van der Waals surface area (Å²) < 4.78 is 14.1. The minimum atomic E-state index is -1.15. The lowest BCUT2D eigenvalue weighted by atomic mass is 10.1. The molecule has 36 heavy (non-hydrogen) atoms. The monoisotopic (exact) mass is 505 g/mol. The van der Waals surface area contributed by atoms with Gasteiger partial charge in [0.25, 0.3) is 5.91 Å². The Balaban J connectivity index is 1.51. The van der Waals surface area contributed by atoms with Gasteiger partial charge in [-0.15, -0.1) is 0 Å². The molecule has 9 nitrogen and oxygen atoms in total. The van der Waals surface area contributed by atoms with Gasteiger partial charge in [0.1, 0.15) is 6.73 Å². The van der Waals surface area contributed by atoms with Crippen molar-refractivity contribution in [1.29, 1.82) is 0 Å². The molecule has 2 aromatic carbocycles. The molecule has 4 rings (SSSR count). The van der Waals surface area contributed by atoms with E-state index in [1.807, 2.05) is 36.4 Å². The maximum atomic E-state index is 13.1. The Morgan fingerprint density at radius 1 is 1.08 bits per heavy atom. The third-order valence-corrected chi connectivity index (χ3v) is 7.39. The predicted molar refractivity (Wildman–Crippen MR) is 141 cm³/mol. The summed E-state index contributed by atoms with van der Waals surface area (Å²) in [5.74, 6) is -0.405. The first-order chi connectivity index (χ1) is 17.2. The summed E-state index contributed by atoms with van der Waals surface area (Å²) in [4.78, 5) is 29.4. The van der Waals surface area contributed by atoms with Crippen LogP contribution < -0.4 is 5.32 Å². The van der Waals surface area contributed by atoms with Crippen LogP contribution in [-0.2, 0) is 27.4 Å². The van der Waals surface area contributed by atoms with Crippen molar-refractivity contribution in [1.82, 2.24) is 19.3 Å². The summed E-state index contributed by atoms with van der Waals surface area (Å²) in [6.07, 6.45) is 3.45. The van der Waals surface area contributed by atoms with Gasteiger partial charge in [-0.2, -0.15) is 5.10 Å². The molecule has 0 aliphatic heterocycles. The number of imidazole rings is 1. The Kier molecular flexibility index (Phi) is 7.66. The zero-order valence-electron chi connectivity index (χ0n) is 21.0.